The number of aromatic nitrogens is 2. The second-order valence-corrected chi connectivity index (χ2v) is 7.18. The Morgan fingerprint density at radius 3 is 2.90 bits per heavy atom. The fourth-order valence-electron chi connectivity index (χ4n) is 3.14. The van der Waals surface area contributed by atoms with Gasteiger partial charge in [0.05, 0.1) is 29.4 Å². The van der Waals surface area contributed by atoms with Gasteiger partial charge in [-0.2, -0.15) is 0 Å². The van der Waals surface area contributed by atoms with Crippen molar-refractivity contribution >= 4 is 45.7 Å². The molecule has 31 heavy (non-hydrogen) atoms. The van der Waals surface area contributed by atoms with E-state index in [9.17, 15) is 9.18 Å². The number of hydrogen-bond donors (Lipinski definition) is 4. The number of nitrogens with zero attached hydrogens (tertiary/aromatic N) is 2. The first kappa shape index (κ1) is 21.0. The summed E-state index contributed by atoms with van der Waals surface area (Å²) in [6, 6.07) is 7.24. The lowest BCUT2D eigenvalue weighted by atomic mass is 10.1. The van der Waals surface area contributed by atoms with E-state index < -0.39 is 11.8 Å². The zero-order valence-corrected chi connectivity index (χ0v) is 17.3. The second-order valence-electron chi connectivity index (χ2n) is 6.77. The van der Waals surface area contributed by atoms with Gasteiger partial charge in [0.25, 0.3) is 0 Å². The maximum Gasteiger partial charge on any atom is 0.333 e. The maximum absolute atomic E-state index is 13.5. The third-order valence-corrected chi connectivity index (χ3v) is 4.88. The number of ether oxygens (including phenoxy) is 2. The van der Waals surface area contributed by atoms with E-state index in [2.05, 4.69) is 31.5 Å². The molecule has 4 rings (SSSR count). The lowest BCUT2D eigenvalue weighted by Crippen LogP contribution is -2.37. The van der Waals surface area contributed by atoms with Crippen molar-refractivity contribution in [1.29, 1.82) is 0 Å². The van der Waals surface area contributed by atoms with Crippen LogP contribution in [0.2, 0.25) is 5.02 Å². The van der Waals surface area contributed by atoms with Crippen molar-refractivity contribution in [3.63, 3.8) is 0 Å². The van der Waals surface area contributed by atoms with Crippen molar-refractivity contribution in [1.82, 2.24) is 20.8 Å². The highest BCUT2D eigenvalue weighted by molar-refractivity contribution is 6.31. The van der Waals surface area contributed by atoms with Gasteiger partial charge in [-0.05, 0) is 24.3 Å². The standard InChI is InChI=1S/C20H20ClFN6O3/c1-23-28-20(29)27-17-7-13-16(8-18(17)31-12-4-5-30-9-12)24-10-25-19(13)26-11-2-3-15(22)14(21)6-11/h2-3,6-8,10,12,23H,4-5,9H2,1H3,(H,24,25,26)(H2,27,28,29)/t12-/m0/s1. The molecule has 2 amide bonds. The van der Waals surface area contributed by atoms with E-state index in [-0.39, 0.29) is 11.1 Å². The Kier molecular flexibility index (Phi) is 6.31. The molecule has 1 fully saturated rings. The summed E-state index contributed by atoms with van der Waals surface area (Å²) in [6.07, 6.45) is 2.03. The molecule has 162 valence electrons. The van der Waals surface area contributed by atoms with E-state index in [4.69, 9.17) is 21.1 Å². The van der Waals surface area contributed by atoms with E-state index in [1.807, 2.05) is 0 Å². The van der Waals surface area contributed by atoms with Crippen LogP contribution in [0.15, 0.2) is 36.7 Å². The summed E-state index contributed by atoms with van der Waals surface area (Å²) in [5.74, 6) is 0.406. The Labute approximate surface area is 182 Å². The number of fused-ring (bicyclic) bond motifs is 1. The fraction of sp³-hybridized carbons (Fsp3) is 0.250. The summed E-state index contributed by atoms with van der Waals surface area (Å²) in [5, 5.41) is 6.47. The highest BCUT2D eigenvalue weighted by atomic mass is 35.5. The lowest BCUT2D eigenvalue weighted by molar-refractivity contribution is 0.142. The van der Waals surface area contributed by atoms with E-state index in [1.54, 1.807) is 25.2 Å². The van der Waals surface area contributed by atoms with Crippen molar-refractivity contribution < 1.29 is 18.7 Å². The molecule has 0 spiro atoms. The first-order valence-electron chi connectivity index (χ1n) is 9.52. The van der Waals surface area contributed by atoms with Crippen LogP contribution < -0.4 is 26.2 Å². The molecule has 0 saturated carbocycles. The molecule has 1 atom stereocenters. The zero-order chi connectivity index (χ0) is 21.8. The molecule has 0 unspecified atom stereocenters. The Morgan fingerprint density at radius 1 is 1.29 bits per heavy atom. The second kappa shape index (κ2) is 9.29. The smallest absolute Gasteiger partial charge is 0.333 e. The van der Waals surface area contributed by atoms with Gasteiger partial charge in [-0.3, -0.25) is 5.43 Å². The van der Waals surface area contributed by atoms with Crippen LogP contribution in [0.5, 0.6) is 5.75 Å². The molecule has 9 nitrogen and oxygen atoms in total. The van der Waals surface area contributed by atoms with Gasteiger partial charge < -0.3 is 20.1 Å². The molecule has 2 aromatic carbocycles. The summed E-state index contributed by atoms with van der Waals surface area (Å²) >= 11 is 5.88. The van der Waals surface area contributed by atoms with Gasteiger partial charge in [0, 0.05) is 30.6 Å². The molecule has 4 N–H and O–H groups in total. The molecular weight excluding hydrogens is 427 g/mol. The molecule has 0 aliphatic carbocycles. The summed E-state index contributed by atoms with van der Waals surface area (Å²) in [7, 11) is 1.58. The van der Waals surface area contributed by atoms with Crippen molar-refractivity contribution in [2.24, 2.45) is 0 Å². The van der Waals surface area contributed by atoms with Gasteiger partial charge in [-0.15, -0.1) is 0 Å². The molecule has 2 heterocycles. The number of halogens is 2. The Balaban J connectivity index is 1.72. The molecule has 1 saturated heterocycles. The minimum Gasteiger partial charge on any atom is -0.486 e. The third-order valence-electron chi connectivity index (χ3n) is 4.59. The van der Waals surface area contributed by atoms with Crippen molar-refractivity contribution in [3.8, 4) is 5.75 Å². The predicted molar refractivity (Wildman–Crippen MR) is 115 cm³/mol. The van der Waals surface area contributed by atoms with Gasteiger partial charge in [0.2, 0.25) is 0 Å². The van der Waals surface area contributed by atoms with Gasteiger partial charge in [-0.25, -0.2) is 24.6 Å². The topological polar surface area (TPSA) is 109 Å². The Morgan fingerprint density at radius 2 is 2.16 bits per heavy atom. The molecule has 11 heteroatoms. The summed E-state index contributed by atoms with van der Waals surface area (Å²) in [6.45, 7) is 1.10. The average Bonchev–Trinajstić information content (AvgIpc) is 3.25. The monoisotopic (exact) mass is 446 g/mol. The largest absolute Gasteiger partial charge is 0.486 e. The first-order valence-corrected chi connectivity index (χ1v) is 9.90. The molecule has 1 aromatic heterocycles. The fourth-order valence-corrected chi connectivity index (χ4v) is 3.32. The normalized spacial score (nSPS) is 15.6. The summed E-state index contributed by atoms with van der Waals surface area (Å²) in [4.78, 5) is 20.7. The van der Waals surface area contributed by atoms with E-state index in [0.717, 1.165) is 6.42 Å². The zero-order valence-electron chi connectivity index (χ0n) is 16.5. The molecule has 0 radical (unpaired) electrons. The van der Waals surface area contributed by atoms with Crippen molar-refractivity contribution in [3.05, 3.63) is 47.5 Å². The highest BCUT2D eigenvalue weighted by Gasteiger charge is 2.21. The van der Waals surface area contributed by atoms with Crippen molar-refractivity contribution in [2.45, 2.75) is 12.5 Å². The number of anilines is 3. The summed E-state index contributed by atoms with van der Waals surface area (Å²) < 4.78 is 24.9. The Bertz CT molecular complexity index is 1110. The van der Waals surface area contributed by atoms with Crippen molar-refractivity contribution in [2.75, 3.05) is 30.9 Å². The predicted octanol–water partition coefficient (Wildman–Crippen LogP) is 3.59. The lowest BCUT2D eigenvalue weighted by Gasteiger charge is -2.18. The average molecular weight is 447 g/mol. The number of urea groups is 1. The van der Waals surface area contributed by atoms with Gasteiger partial charge in [0.1, 0.15) is 29.8 Å². The number of nitrogens with one attached hydrogen (secondary N) is 4. The third kappa shape index (κ3) is 4.93. The SMILES string of the molecule is CNNC(=O)Nc1cc2c(Nc3ccc(F)c(Cl)c3)ncnc2cc1O[C@H]1CCOC1. The number of carbonyl (C=O) groups excluding carboxylic acids is 1. The van der Waals surface area contributed by atoms with Crippen LogP contribution in [0.1, 0.15) is 6.42 Å². The van der Waals surface area contributed by atoms with Gasteiger partial charge in [-0.1, -0.05) is 11.6 Å². The van der Waals surface area contributed by atoms with Crippen LogP contribution in [0, 0.1) is 5.82 Å². The van der Waals surface area contributed by atoms with Crippen LogP contribution in [0.4, 0.5) is 26.4 Å². The van der Waals surface area contributed by atoms with E-state index in [1.165, 1.54) is 18.5 Å². The molecule has 3 aromatic rings. The van der Waals surface area contributed by atoms with E-state index >= 15 is 0 Å². The molecule has 1 aliphatic heterocycles. The van der Waals surface area contributed by atoms with Gasteiger partial charge in [0.15, 0.2) is 0 Å². The first-order chi connectivity index (χ1) is 15.0. The minimum absolute atomic E-state index is 0.0103. The number of hydrazine groups is 1. The highest BCUT2D eigenvalue weighted by Crippen LogP contribution is 2.35. The number of amides is 2. The van der Waals surface area contributed by atoms with Crippen LogP contribution in [-0.4, -0.2) is 42.4 Å². The maximum atomic E-state index is 13.5. The van der Waals surface area contributed by atoms with Crippen LogP contribution in [0.3, 0.4) is 0 Å². The quantitative estimate of drug-likeness (QED) is 0.428. The van der Waals surface area contributed by atoms with Crippen LogP contribution >= 0.6 is 11.6 Å². The number of carbonyl (C=O) groups is 1. The molecule has 1 aliphatic rings. The molecule has 0 bridgehead atoms. The Hall–Kier alpha value is -3.21. The number of benzene rings is 2. The van der Waals surface area contributed by atoms with Gasteiger partial charge >= 0.3 is 6.03 Å². The van der Waals surface area contributed by atoms with Crippen LogP contribution in [0.25, 0.3) is 10.9 Å². The number of hydrogen-bond acceptors (Lipinski definition) is 7. The minimum atomic E-state index is -0.514. The van der Waals surface area contributed by atoms with E-state index in [0.29, 0.717) is 47.1 Å². The summed E-state index contributed by atoms with van der Waals surface area (Å²) in [5.41, 5.74) is 6.60. The molecular formula is C20H20ClFN6O3. The van der Waals surface area contributed by atoms with Crippen LogP contribution in [-0.2, 0) is 4.74 Å². The number of rotatable bonds is 6.